The maximum atomic E-state index is 12.4. The molecule has 5 nitrogen and oxygen atoms in total. The van der Waals surface area contributed by atoms with E-state index < -0.39 is 0 Å². The van der Waals surface area contributed by atoms with Crippen molar-refractivity contribution in [3.8, 4) is 5.69 Å². The van der Waals surface area contributed by atoms with Crippen LogP contribution in [-0.2, 0) is 0 Å². The van der Waals surface area contributed by atoms with Crippen LogP contribution < -0.4 is 5.32 Å². The Morgan fingerprint density at radius 1 is 1.23 bits per heavy atom. The SMILES string of the molecule is O=C(Nc1cc(Br)ccc1-n1cccn1)c1ccnc(Cl)c1. The number of hydrogen-bond donors (Lipinski definition) is 1. The fourth-order valence-electron chi connectivity index (χ4n) is 1.96. The van der Waals surface area contributed by atoms with Crippen LogP contribution in [-0.4, -0.2) is 20.7 Å². The van der Waals surface area contributed by atoms with Gasteiger partial charge in [-0.3, -0.25) is 4.79 Å². The van der Waals surface area contributed by atoms with Gasteiger partial charge in [0.15, 0.2) is 0 Å². The summed E-state index contributed by atoms with van der Waals surface area (Å²) in [5.41, 5.74) is 1.84. The Bertz CT molecular complexity index is 820. The van der Waals surface area contributed by atoms with Gasteiger partial charge in [0.2, 0.25) is 0 Å². The lowest BCUT2D eigenvalue weighted by atomic mass is 10.2. The van der Waals surface area contributed by atoms with Crippen LogP contribution in [0.15, 0.2) is 59.5 Å². The molecule has 0 aliphatic carbocycles. The molecule has 0 spiro atoms. The molecule has 22 heavy (non-hydrogen) atoms. The first kappa shape index (κ1) is 14.7. The van der Waals surface area contributed by atoms with Crippen LogP contribution in [0.25, 0.3) is 5.69 Å². The third-order valence-electron chi connectivity index (χ3n) is 2.95. The van der Waals surface area contributed by atoms with Gasteiger partial charge in [0.05, 0.1) is 11.4 Å². The number of amides is 1. The molecule has 3 rings (SSSR count). The number of pyridine rings is 1. The number of nitrogens with one attached hydrogen (secondary N) is 1. The zero-order valence-corrected chi connectivity index (χ0v) is 13.5. The minimum atomic E-state index is -0.268. The summed E-state index contributed by atoms with van der Waals surface area (Å²) in [6.07, 6.45) is 4.98. The summed E-state index contributed by atoms with van der Waals surface area (Å²) >= 11 is 9.22. The Kier molecular flexibility index (Phi) is 4.22. The predicted molar refractivity (Wildman–Crippen MR) is 88.5 cm³/mol. The van der Waals surface area contributed by atoms with Gasteiger partial charge in [0.1, 0.15) is 5.15 Å². The monoisotopic (exact) mass is 376 g/mol. The second kappa shape index (κ2) is 6.29. The van der Waals surface area contributed by atoms with Crippen molar-refractivity contribution < 1.29 is 4.79 Å². The molecule has 3 aromatic rings. The normalized spacial score (nSPS) is 10.5. The maximum Gasteiger partial charge on any atom is 0.255 e. The molecule has 7 heteroatoms. The van der Waals surface area contributed by atoms with Gasteiger partial charge in [-0.05, 0) is 36.4 Å². The van der Waals surface area contributed by atoms with E-state index in [0.29, 0.717) is 11.3 Å². The van der Waals surface area contributed by atoms with Gasteiger partial charge in [0.25, 0.3) is 5.91 Å². The topological polar surface area (TPSA) is 59.8 Å². The zero-order valence-electron chi connectivity index (χ0n) is 11.2. The van der Waals surface area contributed by atoms with Crippen molar-refractivity contribution in [2.75, 3.05) is 5.32 Å². The molecule has 0 fully saturated rings. The standard InChI is InChI=1S/C15H10BrClN4O/c16-11-2-3-13(21-7-1-5-19-21)12(9-11)20-15(22)10-4-6-18-14(17)8-10/h1-9H,(H,20,22). The fourth-order valence-corrected chi connectivity index (χ4v) is 2.49. The molecule has 2 heterocycles. The van der Waals surface area contributed by atoms with Crippen LogP contribution in [0.5, 0.6) is 0 Å². The van der Waals surface area contributed by atoms with Crippen LogP contribution in [0.2, 0.25) is 5.15 Å². The number of nitrogens with zero attached hydrogens (tertiary/aromatic N) is 3. The molecule has 0 aliphatic rings. The summed E-state index contributed by atoms with van der Waals surface area (Å²) in [7, 11) is 0. The Morgan fingerprint density at radius 3 is 2.82 bits per heavy atom. The van der Waals surface area contributed by atoms with Gasteiger partial charge in [-0.1, -0.05) is 27.5 Å². The van der Waals surface area contributed by atoms with E-state index >= 15 is 0 Å². The first-order valence-electron chi connectivity index (χ1n) is 6.36. The molecule has 1 amide bonds. The predicted octanol–water partition coefficient (Wildman–Crippen LogP) is 3.94. The molecule has 0 unspecified atom stereocenters. The second-order valence-corrected chi connectivity index (χ2v) is 5.74. The molecule has 0 bridgehead atoms. The molecule has 0 saturated heterocycles. The molecule has 0 aliphatic heterocycles. The summed E-state index contributed by atoms with van der Waals surface area (Å²) in [5.74, 6) is -0.268. The fraction of sp³-hybridized carbons (Fsp3) is 0. The lowest BCUT2D eigenvalue weighted by Gasteiger charge is -2.12. The molecule has 0 saturated carbocycles. The number of benzene rings is 1. The molecular formula is C15H10BrClN4O. The van der Waals surface area contributed by atoms with E-state index in [-0.39, 0.29) is 11.1 Å². The van der Waals surface area contributed by atoms with Gasteiger partial charge in [-0.15, -0.1) is 0 Å². The van der Waals surface area contributed by atoms with Gasteiger partial charge in [-0.25, -0.2) is 9.67 Å². The second-order valence-electron chi connectivity index (χ2n) is 4.43. The van der Waals surface area contributed by atoms with Crippen molar-refractivity contribution in [3.05, 3.63) is 70.2 Å². The van der Waals surface area contributed by atoms with E-state index in [2.05, 4.69) is 31.3 Å². The maximum absolute atomic E-state index is 12.4. The van der Waals surface area contributed by atoms with Crippen molar-refractivity contribution in [1.82, 2.24) is 14.8 Å². The van der Waals surface area contributed by atoms with E-state index in [1.165, 1.54) is 12.3 Å². The summed E-state index contributed by atoms with van der Waals surface area (Å²) in [5, 5.41) is 7.33. The van der Waals surface area contributed by atoms with E-state index in [0.717, 1.165) is 10.2 Å². The van der Waals surface area contributed by atoms with E-state index in [1.807, 2.05) is 30.5 Å². The Labute approximate surface area is 140 Å². The van der Waals surface area contributed by atoms with Crippen LogP contribution in [0, 0.1) is 0 Å². The lowest BCUT2D eigenvalue weighted by molar-refractivity contribution is 0.102. The smallest absolute Gasteiger partial charge is 0.255 e. The average Bonchev–Trinajstić information content (AvgIpc) is 3.01. The van der Waals surface area contributed by atoms with Crippen molar-refractivity contribution in [3.63, 3.8) is 0 Å². The van der Waals surface area contributed by atoms with E-state index in [4.69, 9.17) is 11.6 Å². The number of anilines is 1. The average molecular weight is 378 g/mol. The molecule has 1 aromatic carbocycles. The van der Waals surface area contributed by atoms with E-state index in [1.54, 1.807) is 16.9 Å². The summed E-state index contributed by atoms with van der Waals surface area (Å²) in [6.45, 7) is 0. The van der Waals surface area contributed by atoms with Gasteiger partial charge in [0, 0.05) is 28.6 Å². The molecule has 1 N–H and O–H groups in total. The molecular weight excluding hydrogens is 368 g/mol. The summed E-state index contributed by atoms with van der Waals surface area (Å²) in [4.78, 5) is 16.2. The zero-order chi connectivity index (χ0) is 15.5. The minimum absolute atomic E-state index is 0.268. The summed E-state index contributed by atoms with van der Waals surface area (Å²) in [6, 6.07) is 10.5. The number of halogens is 2. The lowest BCUT2D eigenvalue weighted by Crippen LogP contribution is -2.14. The minimum Gasteiger partial charge on any atom is -0.320 e. The van der Waals surface area contributed by atoms with Gasteiger partial charge >= 0.3 is 0 Å². The number of rotatable bonds is 3. The number of hydrogen-bond acceptors (Lipinski definition) is 3. The first-order chi connectivity index (χ1) is 10.6. The highest BCUT2D eigenvalue weighted by Crippen LogP contribution is 2.25. The van der Waals surface area contributed by atoms with Crippen molar-refractivity contribution in [2.45, 2.75) is 0 Å². The largest absolute Gasteiger partial charge is 0.320 e. The Balaban J connectivity index is 1.95. The van der Waals surface area contributed by atoms with E-state index in [9.17, 15) is 4.79 Å². The van der Waals surface area contributed by atoms with Crippen molar-refractivity contribution in [1.29, 1.82) is 0 Å². The highest BCUT2D eigenvalue weighted by atomic mass is 79.9. The van der Waals surface area contributed by atoms with Crippen molar-refractivity contribution >= 4 is 39.1 Å². The van der Waals surface area contributed by atoms with Gasteiger partial charge in [-0.2, -0.15) is 5.10 Å². The highest BCUT2D eigenvalue weighted by molar-refractivity contribution is 9.10. The molecule has 110 valence electrons. The molecule has 2 aromatic heterocycles. The molecule has 0 atom stereocenters. The third-order valence-corrected chi connectivity index (χ3v) is 3.65. The Hall–Kier alpha value is -2.18. The van der Waals surface area contributed by atoms with Crippen LogP contribution in [0.3, 0.4) is 0 Å². The van der Waals surface area contributed by atoms with Crippen LogP contribution in [0.4, 0.5) is 5.69 Å². The quantitative estimate of drug-likeness (QED) is 0.703. The van der Waals surface area contributed by atoms with Crippen LogP contribution >= 0.6 is 27.5 Å². The number of carbonyl (C=O) groups excluding carboxylic acids is 1. The highest BCUT2D eigenvalue weighted by Gasteiger charge is 2.12. The Morgan fingerprint density at radius 2 is 2.09 bits per heavy atom. The number of aromatic nitrogens is 3. The number of carbonyl (C=O) groups is 1. The first-order valence-corrected chi connectivity index (χ1v) is 7.53. The molecule has 0 radical (unpaired) electrons. The van der Waals surface area contributed by atoms with Crippen molar-refractivity contribution in [2.24, 2.45) is 0 Å². The third kappa shape index (κ3) is 3.18. The van der Waals surface area contributed by atoms with Gasteiger partial charge < -0.3 is 5.32 Å². The van der Waals surface area contributed by atoms with Crippen LogP contribution in [0.1, 0.15) is 10.4 Å². The summed E-state index contributed by atoms with van der Waals surface area (Å²) < 4.78 is 2.54.